The average Bonchev–Trinajstić information content (AvgIpc) is 1.56. The molecule has 26 nitrogen and oxygen atoms in total. The molecule has 0 radical (unpaired) electrons. The molecule has 26 heteroatoms. The molecule has 0 spiro atoms. The first-order valence-corrected chi connectivity index (χ1v) is 36.9. The van der Waals surface area contributed by atoms with E-state index in [0.29, 0.717) is 31.4 Å². The minimum atomic E-state index is -1.82. The van der Waals surface area contributed by atoms with E-state index < -0.39 is 198 Å². The summed E-state index contributed by atoms with van der Waals surface area (Å²) in [5.74, 6) is -4.93. The summed E-state index contributed by atoms with van der Waals surface area (Å²) < 4.78 is 89.9. The number of carbonyl (C=O) groups excluding carboxylic acids is 2. The second kappa shape index (κ2) is 33.0. The Morgan fingerprint density at radius 2 is 0.950 bits per heavy atom. The third-order valence-corrected chi connectivity index (χ3v) is 24.3. The van der Waals surface area contributed by atoms with Crippen molar-refractivity contribution in [1.82, 2.24) is 9.80 Å². The molecule has 8 N–H and O–H groups in total. The monoisotopic (exact) mass is 1430 g/mol. The highest BCUT2D eigenvalue weighted by Crippen LogP contribution is 2.51. The SMILES string of the molecule is CC[C@@H](O)[C@@](C)(O)[C@@H]1OC(=O)[C@H](C)[C@@H](O[C@H]2CC(C)(OC)[C@@H](O)C(C)O2)[C@H](C)[C@@H](O[C@@H]2OC(C)CC(N(C)C)C2O)[C@@]2(C)CC(C)=C(O2)[C@@H]1C.CC[C@@H](O)[C@@](C)(O)[C@@H]1OC(=O)[C@H](C)[C@@H](O[C@H]2CC(C)(OC)[C@@H](O)C(C)O2)[C@H](C)[C@@H](O[C@@H]2OC(C)CC(N(C)C)C2O)[C@@]2(C)CC(C)C(O2)[C@@H]1C. The van der Waals surface area contributed by atoms with Gasteiger partial charge in [-0.1, -0.05) is 48.5 Å². The van der Waals surface area contributed by atoms with Gasteiger partial charge in [0.15, 0.2) is 25.2 Å². The molecule has 36 atom stereocenters. The molecule has 8 heterocycles. The maximum absolute atomic E-state index is 14.3. The molecule has 8 rings (SSSR count). The van der Waals surface area contributed by atoms with Crippen LogP contribution in [0.5, 0.6) is 0 Å². The van der Waals surface area contributed by atoms with Crippen molar-refractivity contribution in [3.63, 3.8) is 0 Å². The van der Waals surface area contributed by atoms with E-state index in [9.17, 15) is 50.4 Å². The van der Waals surface area contributed by atoms with Gasteiger partial charge < -0.3 is 117 Å². The van der Waals surface area contributed by atoms with Gasteiger partial charge in [-0.25, -0.2) is 0 Å². The first kappa shape index (κ1) is 84.9. The third kappa shape index (κ3) is 17.4. The molecule has 12 unspecified atom stereocenters. The molecule has 0 aromatic heterocycles. The number of likely N-dealkylation sites (N-methyl/N-ethyl adjacent to an activating group) is 2. The summed E-state index contributed by atoms with van der Waals surface area (Å²) in [5, 5.41) is 90.4. The molecule has 0 aromatic rings. The van der Waals surface area contributed by atoms with Gasteiger partial charge in [-0.15, -0.1) is 0 Å². The molecule has 7 saturated heterocycles. The second-order valence-corrected chi connectivity index (χ2v) is 33.1. The van der Waals surface area contributed by atoms with Crippen molar-refractivity contribution in [3.05, 3.63) is 11.3 Å². The van der Waals surface area contributed by atoms with Crippen LogP contribution in [0.1, 0.15) is 190 Å². The number of nitrogens with zero attached hydrogens (tertiary/aromatic N) is 2. The van der Waals surface area contributed by atoms with Crippen molar-refractivity contribution in [2.45, 2.75) is 364 Å². The molecule has 4 bridgehead atoms. The Kier molecular flexibility index (Phi) is 28.0. The molecular formula is C74H132N2O24. The Hall–Kier alpha value is -2.36. The minimum absolute atomic E-state index is 0.0580. The molecule has 0 aromatic carbocycles. The molecule has 0 saturated carbocycles. The average molecular weight is 1430 g/mol. The van der Waals surface area contributed by atoms with Crippen molar-refractivity contribution in [3.8, 4) is 0 Å². The van der Waals surface area contributed by atoms with E-state index in [4.69, 9.17) is 66.3 Å². The Bertz CT molecular complexity index is 2620. The van der Waals surface area contributed by atoms with Gasteiger partial charge in [0.2, 0.25) is 0 Å². The summed E-state index contributed by atoms with van der Waals surface area (Å²) in [6.07, 6.45) is -14.6. The van der Waals surface area contributed by atoms with Crippen LogP contribution in [0, 0.1) is 41.4 Å². The highest BCUT2D eigenvalue weighted by molar-refractivity contribution is 5.73. The number of fused-ring (bicyclic) bond motifs is 4. The summed E-state index contributed by atoms with van der Waals surface area (Å²) in [6.45, 7) is 36.3. The fraction of sp³-hybridized carbons (Fsp3) is 0.946. The largest absolute Gasteiger partial charge is 0.488 e. The summed E-state index contributed by atoms with van der Waals surface area (Å²) in [6, 6.07) is -0.436. The number of hydrogen-bond donors (Lipinski definition) is 8. The summed E-state index contributed by atoms with van der Waals surface area (Å²) in [5.41, 5.74) is -6.67. The normalized spacial score (nSPS) is 48.0. The third-order valence-electron chi connectivity index (χ3n) is 24.3. The van der Waals surface area contributed by atoms with Crippen molar-refractivity contribution in [2.24, 2.45) is 41.4 Å². The van der Waals surface area contributed by atoms with Gasteiger partial charge in [0, 0.05) is 63.3 Å². The highest BCUT2D eigenvalue weighted by atomic mass is 16.7. The first-order valence-electron chi connectivity index (χ1n) is 36.9. The fourth-order valence-corrected chi connectivity index (χ4v) is 17.9. The van der Waals surface area contributed by atoms with Gasteiger partial charge in [-0.05, 0) is 162 Å². The van der Waals surface area contributed by atoms with Crippen molar-refractivity contribution < 1.29 is 117 Å². The number of ether oxygens (including phenoxy) is 14. The van der Waals surface area contributed by atoms with Crippen molar-refractivity contribution >= 4 is 11.9 Å². The van der Waals surface area contributed by atoms with Crippen molar-refractivity contribution in [2.75, 3.05) is 42.4 Å². The van der Waals surface area contributed by atoms with Crippen LogP contribution >= 0.6 is 0 Å². The smallest absolute Gasteiger partial charge is 0.311 e. The van der Waals surface area contributed by atoms with Crippen molar-refractivity contribution in [1.29, 1.82) is 0 Å². The summed E-state index contributed by atoms with van der Waals surface area (Å²) in [4.78, 5) is 32.5. The predicted molar refractivity (Wildman–Crippen MR) is 368 cm³/mol. The standard InChI is InChI=1S/C37H67NO12.C37H65NO12/c2*1-14-25(39)37(10,43)32-20(4)28-18(2)16-36(9,50-28)31(49-34-27(40)24(38(11)12)15-19(3)45-34)21(5)29(22(6)33(42)48-32)47-26-17-35(8,44-13)30(41)23(7)46-26/h18-32,34,39-41,43H,14-17H2,1-13H3;19-27,29-32,34,39-41,43H,14-17H2,1-13H3/t18?,19?,20-,21-,22+,23?,24?,25+,26-,27?,28?,29-,30-,31+,32+,34-,35?,36+,37+;19?,20-,21-,22+,23?,24?,25+,26-,27?,29-,30-,31+,32+,34-,35?,36+,37+/m00/s1. The zero-order chi connectivity index (χ0) is 75.3. The minimum Gasteiger partial charge on any atom is -0.488 e. The zero-order valence-electron chi connectivity index (χ0n) is 65.0. The summed E-state index contributed by atoms with van der Waals surface area (Å²) >= 11 is 0. The number of aliphatic hydroxyl groups is 8. The van der Waals surface area contributed by atoms with Crippen LogP contribution in [0.3, 0.4) is 0 Å². The van der Waals surface area contributed by atoms with E-state index in [1.54, 1.807) is 55.4 Å². The van der Waals surface area contributed by atoms with E-state index in [2.05, 4.69) is 6.92 Å². The number of cyclic esters (lactones) is 2. The Morgan fingerprint density at radius 1 is 0.560 bits per heavy atom. The van der Waals surface area contributed by atoms with Crippen LogP contribution in [-0.4, -0.2) is 280 Å². The van der Waals surface area contributed by atoms with Gasteiger partial charge in [0.1, 0.15) is 65.3 Å². The molecule has 7 fully saturated rings. The van der Waals surface area contributed by atoms with Gasteiger partial charge in [0.05, 0.1) is 95.6 Å². The van der Waals surface area contributed by atoms with Crippen LogP contribution in [0.15, 0.2) is 11.3 Å². The number of carbonyl (C=O) groups is 2. The van der Waals surface area contributed by atoms with E-state index in [-0.39, 0.29) is 55.9 Å². The number of aliphatic hydroxyl groups excluding tert-OH is 6. The van der Waals surface area contributed by atoms with E-state index >= 15 is 0 Å². The van der Waals surface area contributed by atoms with Gasteiger partial charge in [-0.3, -0.25) is 9.59 Å². The van der Waals surface area contributed by atoms with Gasteiger partial charge >= 0.3 is 11.9 Å². The van der Waals surface area contributed by atoms with Gasteiger partial charge in [-0.2, -0.15) is 0 Å². The molecule has 8 aliphatic heterocycles. The van der Waals surface area contributed by atoms with Gasteiger partial charge in [0.25, 0.3) is 0 Å². The van der Waals surface area contributed by atoms with Crippen LogP contribution in [0.2, 0.25) is 0 Å². The Morgan fingerprint density at radius 3 is 1.34 bits per heavy atom. The first-order chi connectivity index (χ1) is 46.2. The lowest BCUT2D eigenvalue weighted by Gasteiger charge is -2.48. The fourth-order valence-electron chi connectivity index (χ4n) is 17.9. The summed E-state index contributed by atoms with van der Waals surface area (Å²) in [7, 11) is 10.7. The lowest BCUT2D eigenvalue weighted by Crippen LogP contribution is -2.60. The van der Waals surface area contributed by atoms with Crippen LogP contribution in [0.25, 0.3) is 0 Å². The predicted octanol–water partition coefficient (Wildman–Crippen LogP) is 5.52. The number of hydrogen-bond acceptors (Lipinski definition) is 26. The Labute approximate surface area is 595 Å². The number of esters is 2. The molecule has 8 aliphatic rings. The van der Waals surface area contributed by atoms with E-state index in [0.717, 1.165) is 5.57 Å². The topological polar surface area (TPSA) is 332 Å². The maximum atomic E-state index is 14.3. The molecular weight excluding hydrogens is 1300 g/mol. The maximum Gasteiger partial charge on any atom is 0.311 e. The Balaban J connectivity index is 0.000000281. The molecule has 582 valence electrons. The lowest BCUT2D eigenvalue weighted by atomic mass is 9.76. The number of methoxy groups -OCH3 is 2. The molecule has 100 heavy (non-hydrogen) atoms. The van der Waals surface area contributed by atoms with Crippen LogP contribution < -0.4 is 0 Å². The highest BCUT2D eigenvalue weighted by Gasteiger charge is 2.61. The van der Waals surface area contributed by atoms with E-state index in [1.165, 1.54) is 28.1 Å². The molecule has 0 amide bonds. The number of rotatable bonds is 18. The van der Waals surface area contributed by atoms with E-state index in [1.807, 2.05) is 100 Å². The van der Waals surface area contributed by atoms with Crippen LogP contribution in [0.4, 0.5) is 0 Å². The molecule has 0 aliphatic carbocycles. The lowest BCUT2D eigenvalue weighted by molar-refractivity contribution is -0.318. The zero-order valence-corrected chi connectivity index (χ0v) is 65.0. The second-order valence-electron chi connectivity index (χ2n) is 33.1. The quantitative estimate of drug-likeness (QED) is 0.0784. The van der Waals surface area contributed by atoms with Crippen LogP contribution in [-0.2, 0) is 75.9 Å².